The van der Waals surface area contributed by atoms with Crippen LogP contribution >= 0.6 is 15.9 Å². The fourth-order valence-electron chi connectivity index (χ4n) is 1.70. The van der Waals surface area contributed by atoms with Crippen molar-refractivity contribution in [2.75, 3.05) is 0 Å². The van der Waals surface area contributed by atoms with E-state index in [4.69, 9.17) is 0 Å². The molecule has 0 aliphatic heterocycles. The van der Waals surface area contributed by atoms with Gasteiger partial charge in [-0.3, -0.25) is 14.2 Å². The van der Waals surface area contributed by atoms with Crippen molar-refractivity contribution < 1.29 is 4.79 Å². The molecule has 0 spiro atoms. The lowest BCUT2D eigenvalue weighted by Gasteiger charge is -2.23. The van der Waals surface area contributed by atoms with Gasteiger partial charge in [-0.1, -0.05) is 6.58 Å². The van der Waals surface area contributed by atoms with Gasteiger partial charge in [0.2, 0.25) is 0 Å². The summed E-state index contributed by atoms with van der Waals surface area (Å²) in [4.78, 5) is 36.6. The van der Waals surface area contributed by atoms with Crippen LogP contribution in [0.2, 0.25) is 0 Å². The monoisotopic (exact) mass is 328 g/mol. The Morgan fingerprint density at radius 2 is 1.74 bits per heavy atom. The van der Waals surface area contributed by atoms with Gasteiger partial charge in [-0.25, -0.2) is 9.36 Å². The van der Waals surface area contributed by atoms with Crippen LogP contribution in [0, 0.1) is 6.92 Å². The molecule has 0 N–H and O–H groups in total. The van der Waals surface area contributed by atoms with Crippen LogP contribution in [0.25, 0.3) is 0 Å². The molecule has 0 saturated carbocycles. The normalized spacial score (nSPS) is 11.5. The van der Waals surface area contributed by atoms with Gasteiger partial charge in [-0.15, -0.1) is 0 Å². The number of nitrogens with zero attached hydrogens (tertiary/aromatic N) is 2. The van der Waals surface area contributed by atoms with Crippen LogP contribution < -0.4 is 11.2 Å². The summed E-state index contributed by atoms with van der Waals surface area (Å²) < 4.78 is 2.24. The lowest BCUT2D eigenvalue weighted by Crippen LogP contribution is -2.50. The highest BCUT2D eigenvalue weighted by Gasteiger charge is 2.25. The van der Waals surface area contributed by atoms with Crippen molar-refractivity contribution in [3.8, 4) is 0 Å². The van der Waals surface area contributed by atoms with E-state index in [-0.39, 0.29) is 15.7 Å². The summed E-state index contributed by atoms with van der Waals surface area (Å²) in [6, 6.07) is 0. The highest BCUT2D eigenvalue weighted by atomic mass is 79.9. The molecule has 0 radical (unpaired) electrons. The second kappa shape index (κ2) is 4.92. The van der Waals surface area contributed by atoms with Gasteiger partial charge >= 0.3 is 5.69 Å². The summed E-state index contributed by atoms with van der Waals surface area (Å²) in [7, 11) is 0. The maximum atomic E-state index is 12.4. The van der Waals surface area contributed by atoms with Crippen molar-refractivity contribution in [1.82, 2.24) is 9.13 Å². The number of rotatable bonds is 1. The SMILES string of the molecule is C=C(C)C(=O)n1c(C)c(Br)c(=O)n(C(C)(C)C)c1=O. The quantitative estimate of drug-likeness (QED) is 0.741. The Morgan fingerprint density at radius 3 is 2.11 bits per heavy atom. The summed E-state index contributed by atoms with van der Waals surface area (Å²) in [5.74, 6) is -0.513. The first kappa shape index (κ1) is 15.6. The van der Waals surface area contributed by atoms with Gasteiger partial charge in [-0.05, 0) is 50.5 Å². The number of hydrogen-bond acceptors (Lipinski definition) is 3. The third-order valence-corrected chi connectivity index (χ3v) is 3.58. The summed E-state index contributed by atoms with van der Waals surface area (Å²) in [5, 5.41) is 0. The molecule has 1 rings (SSSR count). The minimum Gasteiger partial charge on any atom is -0.269 e. The molecule has 19 heavy (non-hydrogen) atoms. The van der Waals surface area contributed by atoms with Crippen molar-refractivity contribution in [2.24, 2.45) is 0 Å². The Hall–Kier alpha value is -1.43. The molecule has 1 heterocycles. The Balaban J connectivity index is 3.94. The van der Waals surface area contributed by atoms with Gasteiger partial charge in [0.15, 0.2) is 0 Å². The minimum absolute atomic E-state index is 0.205. The van der Waals surface area contributed by atoms with Gasteiger partial charge in [0.05, 0.1) is 0 Å². The van der Waals surface area contributed by atoms with Crippen LogP contribution in [-0.4, -0.2) is 15.0 Å². The van der Waals surface area contributed by atoms with E-state index in [9.17, 15) is 14.4 Å². The van der Waals surface area contributed by atoms with E-state index in [0.29, 0.717) is 0 Å². The topological polar surface area (TPSA) is 61.1 Å². The molecule has 6 heteroatoms. The van der Waals surface area contributed by atoms with Crippen molar-refractivity contribution in [1.29, 1.82) is 0 Å². The minimum atomic E-state index is -0.721. The average Bonchev–Trinajstić information content (AvgIpc) is 2.24. The first-order chi connectivity index (χ1) is 8.50. The van der Waals surface area contributed by atoms with Crippen LogP contribution in [0.3, 0.4) is 0 Å². The largest absolute Gasteiger partial charge is 0.338 e. The summed E-state index contributed by atoms with van der Waals surface area (Å²) in [5.41, 5.74) is -1.30. The third kappa shape index (κ3) is 2.63. The van der Waals surface area contributed by atoms with Crippen molar-refractivity contribution in [3.05, 3.63) is 43.2 Å². The summed E-state index contributed by atoms with van der Waals surface area (Å²) in [6.45, 7) is 11.8. The Morgan fingerprint density at radius 1 is 1.26 bits per heavy atom. The first-order valence-corrected chi connectivity index (χ1v) is 6.54. The molecule has 104 valence electrons. The number of halogens is 1. The van der Waals surface area contributed by atoms with Crippen LogP contribution in [0.5, 0.6) is 0 Å². The van der Waals surface area contributed by atoms with E-state index < -0.39 is 22.7 Å². The summed E-state index contributed by atoms with van der Waals surface area (Å²) in [6.07, 6.45) is 0. The molecule has 0 amide bonds. The number of carbonyl (C=O) groups excluding carboxylic acids is 1. The van der Waals surface area contributed by atoms with E-state index in [0.717, 1.165) is 9.13 Å². The van der Waals surface area contributed by atoms with Gasteiger partial charge in [-0.2, -0.15) is 0 Å². The maximum absolute atomic E-state index is 12.4. The molecule has 5 nitrogen and oxygen atoms in total. The zero-order chi connectivity index (χ0) is 15.1. The van der Waals surface area contributed by atoms with Crippen LogP contribution in [-0.2, 0) is 5.54 Å². The predicted molar refractivity (Wildman–Crippen MR) is 77.8 cm³/mol. The predicted octanol–water partition coefficient (Wildman–Crippen LogP) is 2.05. The lowest BCUT2D eigenvalue weighted by molar-refractivity contribution is 0.0942. The molecule has 0 aromatic carbocycles. The van der Waals surface area contributed by atoms with Crippen LogP contribution in [0.15, 0.2) is 26.2 Å². The van der Waals surface area contributed by atoms with E-state index in [1.165, 1.54) is 6.92 Å². The molecule has 0 aliphatic rings. The standard InChI is InChI=1S/C13H17BrN2O3/c1-7(2)10(17)15-8(3)9(14)11(18)16(12(15)19)13(4,5)6/h1H2,2-6H3. The molecule has 0 saturated heterocycles. The highest BCUT2D eigenvalue weighted by molar-refractivity contribution is 9.10. The fourth-order valence-corrected chi connectivity index (χ4v) is 2.06. The zero-order valence-corrected chi connectivity index (χ0v) is 13.3. The molecular weight excluding hydrogens is 312 g/mol. The number of carbonyl (C=O) groups is 1. The molecular formula is C13H17BrN2O3. The molecule has 0 fully saturated rings. The van der Waals surface area contributed by atoms with E-state index in [2.05, 4.69) is 22.5 Å². The van der Waals surface area contributed by atoms with Crippen LogP contribution in [0.4, 0.5) is 0 Å². The smallest absolute Gasteiger partial charge is 0.269 e. The van der Waals surface area contributed by atoms with E-state index in [1.54, 1.807) is 27.7 Å². The Bertz CT molecular complexity index is 675. The van der Waals surface area contributed by atoms with Crippen molar-refractivity contribution in [2.45, 2.75) is 40.2 Å². The molecule has 1 aromatic heterocycles. The van der Waals surface area contributed by atoms with Gasteiger partial charge < -0.3 is 0 Å². The zero-order valence-electron chi connectivity index (χ0n) is 11.7. The van der Waals surface area contributed by atoms with Gasteiger partial charge in [0, 0.05) is 16.8 Å². The molecule has 0 bridgehead atoms. The second-order valence-electron chi connectivity index (χ2n) is 5.41. The fraction of sp³-hybridized carbons (Fsp3) is 0.462. The average molecular weight is 329 g/mol. The maximum Gasteiger partial charge on any atom is 0.338 e. The van der Waals surface area contributed by atoms with Gasteiger partial charge in [0.25, 0.3) is 11.5 Å². The second-order valence-corrected chi connectivity index (χ2v) is 6.21. The molecule has 1 aromatic rings. The summed E-state index contributed by atoms with van der Waals surface area (Å²) >= 11 is 3.15. The van der Waals surface area contributed by atoms with Gasteiger partial charge in [0.1, 0.15) is 4.47 Å². The van der Waals surface area contributed by atoms with E-state index >= 15 is 0 Å². The molecule has 0 atom stereocenters. The third-order valence-electron chi connectivity index (χ3n) is 2.67. The lowest BCUT2D eigenvalue weighted by atomic mass is 10.1. The Kier molecular flexibility index (Phi) is 4.05. The van der Waals surface area contributed by atoms with Crippen LogP contribution in [0.1, 0.15) is 38.2 Å². The number of allylic oxidation sites excluding steroid dienone is 1. The molecule has 0 unspecified atom stereocenters. The van der Waals surface area contributed by atoms with Crippen molar-refractivity contribution >= 4 is 21.8 Å². The molecule has 0 aliphatic carbocycles. The van der Waals surface area contributed by atoms with E-state index in [1.807, 2.05) is 0 Å². The number of hydrogen-bond donors (Lipinski definition) is 0. The highest BCUT2D eigenvalue weighted by Crippen LogP contribution is 2.14. The Labute approximate surface area is 119 Å². The number of aromatic nitrogens is 2. The first-order valence-electron chi connectivity index (χ1n) is 5.75. The van der Waals surface area contributed by atoms with Crippen molar-refractivity contribution in [3.63, 3.8) is 0 Å².